The number of aromatic nitrogens is 1. The number of esters is 1. The van der Waals surface area contributed by atoms with Gasteiger partial charge in [0.15, 0.2) is 0 Å². The van der Waals surface area contributed by atoms with Gasteiger partial charge in [-0.15, -0.1) is 0 Å². The number of aryl methyl sites for hydroxylation is 1. The van der Waals surface area contributed by atoms with Crippen LogP contribution in [0.4, 0.5) is 24.5 Å². The van der Waals surface area contributed by atoms with Gasteiger partial charge in [0.2, 0.25) is 0 Å². The zero-order valence-corrected chi connectivity index (χ0v) is 14.7. The van der Waals surface area contributed by atoms with Crippen LogP contribution in [0.25, 0.3) is 10.9 Å². The molecule has 1 heterocycles. The molecule has 0 aliphatic carbocycles. The Morgan fingerprint density at radius 2 is 1.93 bits per heavy atom. The van der Waals surface area contributed by atoms with Crippen molar-refractivity contribution in [3.63, 3.8) is 0 Å². The number of benzene rings is 2. The van der Waals surface area contributed by atoms with E-state index in [2.05, 4.69) is 10.3 Å². The summed E-state index contributed by atoms with van der Waals surface area (Å²) in [4.78, 5) is 16.7. The number of anilines is 2. The van der Waals surface area contributed by atoms with E-state index in [1.807, 2.05) is 13.0 Å². The van der Waals surface area contributed by atoms with Crippen LogP contribution in [0.15, 0.2) is 48.7 Å². The molecule has 0 amide bonds. The number of pyridine rings is 1. The normalized spacial score (nSPS) is 11.4. The average Bonchev–Trinajstić information content (AvgIpc) is 2.62. The van der Waals surface area contributed by atoms with Crippen molar-refractivity contribution in [2.75, 3.05) is 11.9 Å². The molecule has 1 N–H and O–H groups in total. The first-order valence-electron chi connectivity index (χ1n) is 8.31. The smallest absolute Gasteiger partial charge is 0.416 e. The first kappa shape index (κ1) is 18.7. The third-order valence-electron chi connectivity index (χ3n) is 4.05. The first-order valence-corrected chi connectivity index (χ1v) is 8.31. The van der Waals surface area contributed by atoms with Crippen molar-refractivity contribution in [1.29, 1.82) is 0 Å². The van der Waals surface area contributed by atoms with Gasteiger partial charge in [-0.1, -0.05) is 24.3 Å². The maximum atomic E-state index is 13.0. The van der Waals surface area contributed by atoms with E-state index in [-0.39, 0.29) is 17.9 Å². The summed E-state index contributed by atoms with van der Waals surface area (Å²) in [5.74, 6) is -0.595. The Hall–Kier alpha value is -3.09. The Kier molecular flexibility index (Phi) is 5.03. The fourth-order valence-electron chi connectivity index (χ4n) is 2.79. The molecule has 27 heavy (non-hydrogen) atoms. The lowest BCUT2D eigenvalue weighted by Gasteiger charge is -2.16. The summed E-state index contributed by atoms with van der Waals surface area (Å²) in [5.41, 5.74) is 1.49. The predicted molar refractivity (Wildman–Crippen MR) is 97.2 cm³/mol. The molecule has 3 aromatic rings. The largest absolute Gasteiger partial charge is 0.462 e. The topological polar surface area (TPSA) is 51.2 Å². The molecule has 0 saturated carbocycles. The summed E-state index contributed by atoms with van der Waals surface area (Å²) >= 11 is 0. The van der Waals surface area contributed by atoms with E-state index in [4.69, 9.17) is 4.74 Å². The minimum Gasteiger partial charge on any atom is -0.462 e. The molecule has 1 aromatic heterocycles. The van der Waals surface area contributed by atoms with Crippen LogP contribution >= 0.6 is 0 Å². The number of ether oxygens (including phenoxy) is 1. The Balaban J connectivity index is 2.15. The summed E-state index contributed by atoms with van der Waals surface area (Å²) in [6, 6.07) is 10.2. The van der Waals surface area contributed by atoms with Crippen LogP contribution in [-0.2, 0) is 10.9 Å². The maximum absolute atomic E-state index is 13.0. The average molecular weight is 374 g/mol. The van der Waals surface area contributed by atoms with Gasteiger partial charge in [-0.3, -0.25) is 4.98 Å². The highest BCUT2D eigenvalue weighted by Crippen LogP contribution is 2.34. The number of halogens is 3. The molecule has 0 aliphatic rings. The van der Waals surface area contributed by atoms with Crippen molar-refractivity contribution in [2.24, 2.45) is 0 Å². The van der Waals surface area contributed by atoms with E-state index < -0.39 is 17.7 Å². The van der Waals surface area contributed by atoms with Gasteiger partial charge in [-0.25, -0.2) is 4.79 Å². The second-order valence-corrected chi connectivity index (χ2v) is 5.94. The van der Waals surface area contributed by atoms with E-state index in [9.17, 15) is 18.0 Å². The number of hydrogen-bond donors (Lipinski definition) is 1. The molecule has 2 aromatic carbocycles. The molecule has 0 fully saturated rings. The van der Waals surface area contributed by atoms with Crippen molar-refractivity contribution in [3.05, 3.63) is 65.4 Å². The van der Waals surface area contributed by atoms with Crippen LogP contribution in [0.3, 0.4) is 0 Å². The molecule has 0 unspecified atom stereocenters. The molecule has 0 aliphatic heterocycles. The Labute approximate surface area is 154 Å². The van der Waals surface area contributed by atoms with E-state index in [1.165, 1.54) is 18.3 Å². The highest BCUT2D eigenvalue weighted by atomic mass is 19.4. The summed E-state index contributed by atoms with van der Waals surface area (Å²) in [7, 11) is 0. The third-order valence-corrected chi connectivity index (χ3v) is 4.05. The number of para-hydroxylation sites is 1. The number of rotatable bonds is 4. The van der Waals surface area contributed by atoms with Gasteiger partial charge in [0, 0.05) is 17.3 Å². The molecule has 0 atom stereocenters. The number of carbonyl (C=O) groups excluding carboxylic acids is 1. The summed E-state index contributed by atoms with van der Waals surface area (Å²) in [6.07, 6.45) is -3.08. The molecule has 140 valence electrons. The van der Waals surface area contributed by atoms with Crippen LogP contribution in [0.2, 0.25) is 0 Å². The van der Waals surface area contributed by atoms with Gasteiger partial charge in [0.05, 0.1) is 23.4 Å². The predicted octanol–water partition coefficient (Wildman–Crippen LogP) is 5.48. The highest BCUT2D eigenvalue weighted by Gasteiger charge is 2.30. The van der Waals surface area contributed by atoms with E-state index >= 15 is 0 Å². The van der Waals surface area contributed by atoms with Crippen molar-refractivity contribution < 1.29 is 22.7 Å². The van der Waals surface area contributed by atoms with Crippen LogP contribution in [0.1, 0.15) is 28.4 Å². The highest BCUT2D eigenvalue weighted by molar-refractivity contribution is 6.06. The van der Waals surface area contributed by atoms with E-state index in [1.54, 1.807) is 19.1 Å². The Bertz CT molecular complexity index is 1000. The lowest BCUT2D eigenvalue weighted by Crippen LogP contribution is -2.10. The SMILES string of the molecule is CCOC(=O)c1cnc2c(C)cccc2c1Nc1cccc(C(F)(F)F)c1. The van der Waals surface area contributed by atoms with Crippen LogP contribution in [0.5, 0.6) is 0 Å². The molecule has 0 radical (unpaired) electrons. The van der Waals surface area contributed by atoms with E-state index in [0.29, 0.717) is 16.6 Å². The fraction of sp³-hybridized carbons (Fsp3) is 0.200. The molecular weight excluding hydrogens is 357 g/mol. The minimum atomic E-state index is -4.46. The monoisotopic (exact) mass is 374 g/mol. The van der Waals surface area contributed by atoms with Crippen LogP contribution < -0.4 is 5.32 Å². The zero-order valence-electron chi connectivity index (χ0n) is 14.7. The van der Waals surface area contributed by atoms with E-state index in [0.717, 1.165) is 17.7 Å². The molecular formula is C20H17F3N2O2. The van der Waals surface area contributed by atoms with Gasteiger partial charge >= 0.3 is 12.1 Å². The molecule has 0 saturated heterocycles. The molecule has 4 nitrogen and oxygen atoms in total. The Morgan fingerprint density at radius 3 is 2.63 bits per heavy atom. The van der Waals surface area contributed by atoms with Crippen LogP contribution in [0, 0.1) is 6.92 Å². The van der Waals surface area contributed by atoms with Gasteiger partial charge in [-0.05, 0) is 37.6 Å². The number of fused-ring (bicyclic) bond motifs is 1. The minimum absolute atomic E-state index is 0.160. The third kappa shape index (κ3) is 3.86. The zero-order chi connectivity index (χ0) is 19.6. The summed E-state index contributed by atoms with van der Waals surface area (Å²) in [5, 5.41) is 3.58. The summed E-state index contributed by atoms with van der Waals surface area (Å²) in [6.45, 7) is 3.72. The molecule has 0 bridgehead atoms. The number of hydrogen-bond acceptors (Lipinski definition) is 4. The number of nitrogens with one attached hydrogen (secondary N) is 1. The van der Waals surface area contributed by atoms with Crippen molar-refractivity contribution >= 4 is 28.2 Å². The standard InChI is InChI=1S/C20H17F3N2O2/c1-3-27-19(26)16-11-24-17-12(2)6-4-9-15(17)18(16)25-14-8-5-7-13(10-14)20(21,22)23/h4-11H,3H2,1-2H3,(H,24,25). The lowest BCUT2D eigenvalue weighted by molar-refractivity contribution is -0.137. The molecule has 0 spiro atoms. The number of alkyl halides is 3. The van der Waals surface area contributed by atoms with Gasteiger partial charge in [0.1, 0.15) is 5.56 Å². The second-order valence-electron chi connectivity index (χ2n) is 5.94. The molecule has 7 heteroatoms. The quantitative estimate of drug-likeness (QED) is 0.614. The van der Waals surface area contributed by atoms with Crippen molar-refractivity contribution in [1.82, 2.24) is 4.98 Å². The maximum Gasteiger partial charge on any atom is 0.416 e. The lowest BCUT2D eigenvalue weighted by atomic mass is 10.1. The number of carbonyl (C=O) groups is 1. The van der Waals surface area contributed by atoms with Gasteiger partial charge in [0.25, 0.3) is 0 Å². The second kappa shape index (κ2) is 7.26. The first-order chi connectivity index (χ1) is 12.8. The number of nitrogens with zero attached hydrogens (tertiary/aromatic N) is 1. The summed E-state index contributed by atoms with van der Waals surface area (Å²) < 4.78 is 44.1. The van der Waals surface area contributed by atoms with Gasteiger partial charge in [-0.2, -0.15) is 13.2 Å². The van der Waals surface area contributed by atoms with Crippen molar-refractivity contribution in [2.45, 2.75) is 20.0 Å². The molecule has 3 rings (SSSR count). The Morgan fingerprint density at radius 1 is 1.19 bits per heavy atom. The van der Waals surface area contributed by atoms with Crippen LogP contribution in [-0.4, -0.2) is 17.6 Å². The van der Waals surface area contributed by atoms with Crippen molar-refractivity contribution in [3.8, 4) is 0 Å². The fourth-order valence-corrected chi connectivity index (χ4v) is 2.79. The van der Waals surface area contributed by atoms with Gasteiger partial charge < -0.3 is 10.1 Å².